The highest BCUT2D eigenvalue weighted by molar-refractivity contribution is 6.17. The van der Waals surface area contributed by atoms with Crippen molar-refractivity contribution in [1.29, 1.82) is 0 Å². The normalized spacial score (nSPS) is 19.5. The molecule has 0 spiro atoms. The number of rotatable bonds is 4. The summed E-state index contributed by atoms with van der Waals surface area (Å²) in [7, 11) is 2.10. The van der Waals surface area contributed by atoms with Crippen LogP contribution in [0.3, 0.4) is 0 Å². The Morgan fingerprint density at radius 3 is 2.89 bits per heavy atom. The first-order valence-electron chi connectivity index (χ1n) is 6.93. The van der Waals surface area contributed by atoms with Gasteiger partial charge in [-0.2, -0.15) is 0 Å². The van der Waals surface area contributed by atoms with E-state index in [4.69, 9.17) is 16.3 Å². The van der Waals surface area contributed by atoms with Crippen LogP contribution in [0.1, 0.15) is 29.7 Å². The van der Waals surface area contributed by atoms with Crippen LogP contribution < -0.4 is 4.90 Å². The van der Waals surface area contributed by atoms with E-state index in [2.05, 4.69) is 29.9 Å². The molecule has 106 valence electrons. The Kier molecular flexibility index (Phi) is 5.06. The van der Waals surface area contributed by atoms with Crippen molar-refractivity contribution in [3.8, 4) is 0 Å². The summed E-state index contributed by atoms with van der Waals surface area (Å²) in [5, 5.41) is 0. The van der Waals surface area contributed by atoms with E-state index in [0.717, 1.165) is 36.8 Å². The van der Waals surface area contributed by atoms with Crippen LogP contribution in [-0.2, 0) is 10.6 Å². The highest BCUT2D eigenvalue weighted by Crippen LogP contribution is 2.25. The molecule has 0 saturated carbocycles. The van der Waals surface area contributed by atoms with Gasteiger partial charge in [0.15, 0.2) is 0 Å². The molecular weight excluding hydrogens is 260 g/mol. The molecule has 1 saturated heterocycles. The number of ether oxygens (including phenoxy) is 1. The molecule has 1 aromatic heterocycles. The molecule has 0 amide bonds. The van der Waals surface area contributed by atoms with E-state index in [1.165, 1.54) is 18.4 Å². The molecule has 1 atom stereocenters. The van der Waals surface area contributed by atoms with Gasteiger partial charge in [-0.3, -0.25) is 0 Å². The maximum Gasteiger partial charge on any atom is 0.133 e. The van der Waals surface area contributed by atoms with Crippen molar-refractivity contribution in [2.45, 2.75) is 32.6 Å². The molecule has 0 aliphatic carbocycles. The number of aryl methyl sites for hydroxylation is 2. The second-order valence-corrected chi connectivity index (χ2v) is 5.75. The van der Waals surface area contributed by atoms with Gasteiger partial charge in [0.25, 0.3) is 0 Å². The minimum atomic E-state index is 0.514. The van der Waals surface area contributed by atoms with Crippen molar-refractivity contribution in [3.05, 3.63) is 22.9 Å². The van der Waals surface area contributed by atoms with Gasteiger partial charge in [-0.25, -0.2) is 4.98 Å². The lowest BCUT2D eigenvalue weighted by atomic mass is 10.0. The van der Waals surface area contributed by atoms with Crippen molar-refractivity contribution in [2.75, 3.05) is 31.7 Å². The van der Waals surface area contributed by atoms with Crippen LogP contribution in [0.15, 0.2) is 6.07 Å². The average Bonchev–Trinajstić information content (AvgIpc) is 2.39. The molecule has 1 aromatic rings. The van der Waals surface area contributed by atoms with Crippen LogP contribution in [0.25, 0.3) is 0 Å². The van der Waals surface area contributed by atoms with Gasteiger partial charge in [0.1, 0.15) is 5.82 Å². The van der Waals surface area contributed by atoms with Crippen molar-refractivity contribution in [2.24, 2.45) is 5.92 Å². The summed E-state index contributed by atoms with van der Waals surface area (Å²) in [6.07, 6.45) is 2.41. The second-order valence-electron chi connectivity index (χ2n) is 5.48. The maximum absolute atomic E-state index is 6.09. The zero-order valence-corrected chi connectivity index (χ0v) is 12.8. The first-order chi connectivity index (χ1) is 9.11. The third-order valence-electron chi connectivity index (χ3n) is 3.74. The highest BCUT2D eigenvalue weighted by atomic mass is 35.5. The molecule has 0 N–H and O–H groups in total. The van der Waals surface area contributed by atoms with Gasteiger partial charge in [-0.05, 0) is 44.2 Å². The number of hydrogen-bond acceptors (Lipinski definition) is 3. The summed E-state index contributed by atoms with van der Waals surface area (Å²) in [4.78, 5) is 6.90. The summed E-state index contributed by atoms with van der Waals surface area (Å²) in [5.74, 6) is 2.14. The average molecular weight is 283 g/mol. The van der Waals surface area contributed by atoms with Crippen LogP contribution in [-0.4, -0.2) is 31.8 Å². The molecule has 2 rings (SSSR count). The summed E-state index contributed by atoms with van der Waals surface area (Å²) in [6.45, 7) is 6.90. The number of hydrogen-bond donors (Lipinski definition) is 0. The number of nitrogens with zero attached hydrogens (tertiary/aromatic N) is 2. The molecule has 0 aromatic carbocycles. The number of anilines is 1. The van der Waals surface area contributed by atoms with Crippen molar-refractivity contribution >= 4 is 17.4 Å². The summed E-state index contributed by atoms with van der Waals surface area (Å²) in [5.41, 5.74) is 3.42. The predicted octanol–water partition coefficient (Wildman–Crippen LogP) is 3.30. The van der Waals surface area contributed by atoms with E-state index in [1.54, 1.807) is 0 Å². The molecular formula is C15H23ClN2O. The van der Waals surface area contributed by atoms with Gasteiger partial charge in [-0.1, -0.05) is 0 Å². The smallest absolute Gasteiger partial charge is 0.133 e. The molecule has 1 unspecified atom stereocenters. The van der Waals surface area contributed by atoms with Gasteiger partial charge in [0.05, 0.1) is 12.5 Å². The van der Waals surface area contributed by atoms with Gasteiger partial charge in [0, 0.05) is 31.5 Å². The fraction of sp³-hybridized carbons (Fsp3) is 0.667. The first kappa shape index (κ1) is 14.6. The minimum Gasteiger partial charge on any atom is -0.381 e. The molecule has 0 radical (unpaired) electrons. The molecule has 4 heteroatoms. The third kappa shape index (κ3) is 3.61. The maximum atomic E-state index is 6.09. The Labute approximate surface area is 120 Å². The van der Waals surface area contributed by atoms with E-state index in [1.807, 2.05) is 6.92 Å². The van der Waals surface area contributed by atoms with Crippen molar-refractivity contribution in [1.82, 2.24) is 4.98 Å². The fourth-order valence-electron chi connectivity index (χ4n) is 2.75. The lowest BCUT2D eigenvalue weighted by Crippen LogP contribution is -2.32. The number of alkyl halides is 1. The number of halogens is 1. The second kappa shape index (κ2) is 6.58. The van der Waals surface area contributed by atoms with Gasteiger partial charge < -0.3 is 9.64 Å². The Morgan fingerprint density at radius 2 is 2.26 bits per heavy atom. The molecule has 2 heterocycles. The van der Waals surface area contributed by atoms with Gasteiger partial charge in [0.2, 0.25) is 0 Å². The molecule has 1 aliphatic heterocycles. The van der Waals surface area contributed by atoms with E-state index in [9.17, 15) is 0 Å². The monoisotopic (exact) mass is 282 g/mol. The third-order valence-corrected chi connectivity index (χ3v) is 4.00. The SMILES string of the molecule is Cc1cc(C)c(CCl)c(N(C)CC2CCCOC2)n1. The zero-order chi connectivity index (χ0) is 13.8. The number of pyridine rings is 1. The predicted molar refractivity (Wildman–Crippen MR) is 80.1 cm³/mol. The van der Waals surface area contributed by atoms with E-state index in [-0.39, 0.29) is 0 Å². The van der Waals surface area contributed by atoms with E-state index in [0.29, 0.717) is 11.8 Å². The topological polar surface area (TPSA) is 25.4 Å². The summed E-state index contributed by atoms with van der Waals surface area (Å²) in [6, 6.07) is 2.10. The Bertz CT molecular complexity index is 430. The van der Waals surface area contributed by atoms with Crippen LogP contribution in [0.5, 0.6) is 0 Å². The lowest BCUT2D eigenvalue weighted by Gasteiger charge is -2.29. The molecule has 1 aliphatic rings. The Morgan fingerprint density at radius 1 is 1.47 bits per heavy atom. The molecule has 19 heavy (non-hydrogen) atoms. The van der Waals surface area contributed by atoms with Crippen LogP contribution in [0.2, 0.25) is 0 Å². The van der Waals surface area contributed by atoms with Gasteiger partial charge in [-0.15, -0.1) is 11.6 Å². The van der Waals surface area contributed by atoms with Crippen molar-refractivity contribution in [3.63, 3.8) is 0 Å². The van der Waals surface area contributed by atoms with E-state index >= 15 is 0 Å². The van der Waals surface area contributed by atoms with Crippen LogP contribution >= 0.6 is 11.6 Å². The quantitative estimate of drug-likeness (QED) is 0.793. The van der Waals surface area contributed by atoms with Crippen molar-refractivity contribution < 1.29 is 4.74 Å². The van der Waals surface area contributed by atoms with Crippen LogP contribution in [0, 0.1) is 19.8 Å². The minimum absolute atomic E-state index is 0.514. The zero-order valence-electron chi connectivity index (χ0n) is 12.1. The van der Waals surface area contributed by atoms with E-state index < -0.39 is 0 Å². The first-order valence-corrected chi connectivity index (χ1v) is 7.47. The van der Waals surface area contributed by atoms with Gasteiger partial charge >= 0.3 is 0 Å². The Balaban J connectivity index is 2.15. The largest absolute Gasteiger partial charge is 0.381 e. The van der Waals surface area contributed by atoms with Crippen LogP contribution in [0.4, 0.5) is 5.82 Å². The standard InChI is InChI=1S/C15H23ClN2O/c1-11-7-12(2)17-15(14(11)8-16)18(3)9-13-5-4-6-19-10-13/h7,13H,4-6,8-10H2,1-3H3. The lowest BCUT2D eigenvalue weighted by molar-refractivity contribution is 0.0576. The number of aromatic nitrogens is 1. The Hall–Kier alpha value is -0.800. The highest BCUT2D eigenvalue weighted by Gasteiger charge is 2.19. The fourth-order valence-corrected chi connectivity index (χ4v) is 3.08. The summed E-state index contributed by atoms with van der Waals surface area (Å²) < 4.78 is 5.55. The molecule has 1 fully saturated rings. The molecule has 0 bridgehead atoms. The summed E-state index contributed by atoms with van der Waals surface area (Å²) >= 11 is 6.09. The molecule has 3 nitrogen and oxygen atoms in total.